The lowest BCUT2D eigenvalue weighted by Crippen LogP contribution is -2.42. The van der Waals surface area contributed by atoms with E-state index in [4.69, 9.17) is 13.9 Å². The second-order valence-electron chi connectivity index (χ2n) is 6.88. The Hall–Kier alpha value is -1.56. The van der Waals surface area contributed by atoms with Gasteiger partial charge in [-0.2, -0.15) is 0 Å². The smallest absolute Gasteiger partial charge is 0.273 e. The molecule has 0 aliphatic heterocycles. The molecule has 5 nitrogen and oxygen atoms in total. The summed E-state index contributed by atoms with van der Waals surface area (Å²) in [6.45, 7) is 7.23. The first-order valence-electron chi connectivity index (χ1n) is 9.16. The van der Waals surface area contributed by atoms with E-state index in [0.29, 0.717) is 29.7 Å². The molecule has 0 atom stereocenters. The molecular formula is C18H26F5NO4Si. The Morgan fingerprint density at radius 1 is 0.897 bits per heavy atom. The van der Waals surface area contributed by atoms with E-state index in [1.54, 1.807) is 0 Å². The van der Waals surface area contributed by atoms with Crippen LogP contribution in [-0.2, 0) is 13.9 Å². The van der Waals surface area contributed by atoms with Crippen molar-refractivity contribution >= 4 is 16.4 Å². The zero-order valence-corrected chi connectivity index (χ0v) is 19.0. The van der Waals surface area contributed by atoms with Crippen molar-refractivity contribution in [2.75, 3.05) is 6.54 Å². The molecule has 0 heterocycles. The lowest BCUT2D eigenvalue weighted by atomic mass is 10.1. The SMILES string of the molecule is CC(C)OC(CCCCNC(=O)c1c(F)c(F)c(F)c(F)c1F)(O[SiH3])OC(C)C. The molecule has 1 N–H and O–H groups in total. The summed E-state index contributed by atoms with van der Waals surface area (Å²) < 4.78 is 83.8. The molecule has 1 amide bonds. The Morgan fingerprint density at radius 3 is 1.76 bits per heavy atom. The molecule has 0 spiro atoms. The minimum atomic E-state index is -2.31. The maximum absolute atomic E-state index is 13.6. The van der Waals surface area contributed by atoms with Gasteiger partial charge in [-0.3, -0.25) is 4.79 Å². The van der Waals surface area contributed by atoms with Crippen molar-refractivity contribution in [1.29, 1.82) is 0 Å². The third-order valence-corrected chi connectivity index (χ3v) is 4.40. The zero-order chi connectivity index (χ0) is 22.4. The van der Waals surface area contributed by atoms with Crippen LogP contribution >= 0.6 is 0 Å². The number of benzene rings is 1. The number of unbranched alkanes of at least 4 members (excludes halogenated alkanes) is 1. The summed E-state index contributed by atoms with van der Waals surface area (Å²) in [4.78, 5) is 11.9. The van der Waals surface area contributed by atoms with Gasteiger partial charge in [0, 0.05) is 13.0 Å². The zero-order valence-electron chi connectivity index (χ0n) is 17.0. The molecule has 0 aliphatic rings. The summed E-state index contributed by atoms with van der Waals surface area (Å²) >= 11 is 0. The van der Waals surface area contributed by atoms with E-state index in [-0.39, 0.29) is 18.8 Å². The van der Waals surface area contributed by atoms with Crippen LogP contribution in [0.15, 0.2) is 0 Å². The van der Waals surface area contributed by atoms with Crippen molar-refractivity contribution < 1.29 is 40.6 Å². The summed E-state index contributed by atoms with van der Waals surface area (Å²) in [6.07, 6.45) is 0.759. The first kappa shape index (κ1) is 25.5. The monoisotopic (exact) mass is 443 g/mol. The fraction of sp³-hybridized carbons (Fsp3) is 0.611. The number of halogens is 5. The molecule has 0 aliphatic carbocycles. The molecule has 1 aromatic rings. The summed E-state index contributed by atoms with van der Waals surface area (Å²) in [6, 6.07) is 0. The highest BCUT2D eigenvalue weighted by molar-refractivity contribution is 5.98. The highest BCUT2D eigenvalue weighted by Crippen LogP contribution is 2.26. The largest absolute Gasteiger partial charge is 0.380 e. The average molecular weight is 443 g/mol. The molecule has 1 rings (SSSR count). The molecule has 1 aromatic carbocycles. The number of nitrogens with one attached hydrogen (secondary N) is 1. The molecule has 0 unspecified atom stereocenters. The van der Waals surface area contributed by atoms with Gasteiger partial charge >= 0.3 is 0 Å². The molecule has 166 valence electrons. The van der Waals surface area contributed by atoms with E-state index in [9.17, 15) is 26.7 Å². The summed E-state index contributed by atoms with van der Waals surface area (Å²) in [5.41, 5.74) is -1.51. The Labute approximate surface area is 169 Å². The predicted octanol–water partition coefficient (Wildman–Crippen LogP) is 3.08. The summed E-state index contributed by atoms with van der Waals surface area (Å²) in [5, 5.41) is 2.15. The molecule has 0 radical (unpaired) electrons. The van der Waals surface area contributed by atoms with Gasteiger partial charge in [-0.25, -0.2) is 22.0 Å². The van der Waals surface area contributed by atoms with Crippen LogP contribution in [0.2, 0.25) is 0 Å². The topological polar surface area (TPSA) is 56.8 Å². The lowest BCUT2D eigenvalue weighted by Gasteiger charge is -2.35. The normalized spacial score (nSPS) is 12.2. The van der Waals surface area contributed by atoms with Crippen LogP contribution in [0, 0.1) is 29.1 Å². The third-order valence-electron chi connectivity index (χ3n) is 3.77. The number of ether oxygens (including phenoxy) is 2. The van der Waals surface area contributed by atoms with Crippen molar-refractivity contribution in [3.05, 3.63) is 34.6 Å². The fourth-order valence-corrected chi connectivity index (χ4v) is 3.02. The fourth-order valence-electron chi connectivity index (χ4n) is 2.62. The van der Waals surface area contributed by atoms with E-state index in [1.165, 1.54) is 0 Å². The van der Waals surface area contributed by atoms with Crippen LogP contribution in [0.3, 0.4) is 0 Å². The van der Waals surface area contributed by atoms with Crippen molar-refractivity contribution in [1.82, 2.24) is 5.32 Å². The Balaban J connectivity index is 2.69. The van der Waals surface area contributed by atoms with Crippen LogP contribution in [0.5, 0.6) is 0 Å². The number of carbonyl (C=O) groups is 1. The number of carbonyl (C=O) groups excluding carboxylic acids is 1. The van der Waals surface area contributed by atoms with Crippen LogP contribution in [0.25, 0.3) is 0 Å². The van der Waals surface area contributed by atoms with Gasteiger partial charge in [0.05, 0.1) is 12.2 Å². The maximum atomic E-state index is 13.6. The number of hydrogen-bond donors (Lipinski definition) is 1. The van der Waals surface area contributed by atoms with Crippen molar-refractivity contribution in [2.45, 2.75) is 65.1 Å². The van der Waals surface area contributed by atoms with Gasteiger partial charge in [-0.05, 0) is 40.5 Å². The minimum Gasteiger partial charge on any atom is -0.380 e. The van der Waals surface area contributed by atoms with Gasteiger partial charge in [0.25, 0.3) is 11.9 Å². The van der Waals surface area contributed by atoms with E-state index in [1.807, 2.05) is 27.7 Å². The van der Waals surface area contributed by atoms with E-state index >= 15 is 0 Å². The highest BCUT2D eigenvalue weighted by Gasteiger charge is 2.34. The van der Waals surface area contributed by atoms with Gasteiger partial charge < -0.3 is 19.2 Å². The second-order valence-corrected chi connectivity index (χ2v) is 7.29. The molecule has 0 aromatic heterocycles. The molecular weight excluding hydrogens is 417 g/mol. The van der Waals surface area contributed by atoms with Crippen LogP contribution < -0.4 is 5.32 Å². The standard InChI is InChI=1S/C18H26F5NO4Si/c1-9(2)26-18(28-29,27-10(3)4)7-5-6-8-24-17(25)11-12(19)14(21)16(23)15(22)13(11)20/h9-10H,5-8H2,1-4,29H3,(H,24,25). The highest BCUT2D eigenvalue weighted by atomic mass is 28.2. The van der Waals surface area contributed by atoms with E-state index < -0.39 is 46.5 Å². The van der Waals surface area contributed by atoms with E-state index in [0.717, 1.165) is 0 Å². The van der Waals surface area contributed by atoms with Crippen molar-refractivity contribution in [2.24, 2.45) is 0 Å². The Kier molecular flexibility index (Phi) is 9.66. The Bertz CT molecular complexity index is 679. The second kappa shape index (κ2) is 11.0. The van der Waals surface area contributed by atoms with Gasteiger partial charge in [0.1, 0.15) is 5.56 Å². The Morgan fingerprint density at radius 2 is 1.34 bits per heavy atom. The van der Waals surface area contributed by atoms with Crippen molar-refractivity contribution in [3.8, 4) is 0 Å². The van der Waals surface area contributed by atoms with Crippen LogP contribution in [0.1, 0.15) is 57.3 Å². The first-order chi connectivity index (χ1) is 13.5. The lowest BCUT2D eigenvalue weighted by molar-refractivity contribution is -0.369. The maximum Gasteiger partial charge on any atom is 0.273 e. The average Bonchev–Trinajstić information content (AvgIpc) is 2.63. The molecule has 11 heteroatoms. The van der Waals surface area contributed by atoms with Crippen LogP contribution in [-0.4, -0.2) is 41.1 Å². The summed E-state index contributed by atoms with van der Waals surface area (Å²) in [5.74, 6) is -13.6. The van der Waals surface area contributed by atoms with Crippen LogP contribution in [0.4, 0.5) is 22.0 Å². The molecule has 0 fully saturated rings. The minimum absolute atomic E-state index is 0.0566. The number of hydrogen-bond acceptors (Lipinski definition) is 4. The van der Waals surface area contributed by atoms with Crippen molar-refractivity contribution in [3.63, 3.8) is 0 Å². The number of rotatable bonds is 11. The molecule has 0 saturated carbocycles. The molecule has 0 saturated heterocycles. The van der Waals surface area contributed by atoms with Gasteiger partial charge in [0.2, 0.25) is 5.82 Å². The quantitative estimate of drug-likeness (QED) is 0.143. The first-order valence-corrected chi connectivity index (χ1v) is 9.97. The molecule has 0 bridgehead atoms. The van der Waals surface area contributed by atoms with E-state index in [2.05, 4.69) is 5.32 Å². The third kappa shape index (κ3) is 6.73. The number of amides is 1. The van der Waals surface area contributed by atoms with Gasteiger partial charge in [0.15, 0.2) is 33.8 Å². The predicted molar refractivity (Wildman–Crippen MR) is 98.6 cm³/mol. The summed E-state index contributed by atoms with van der Waals surface area (Å²) in [7, 11) is 0.347. The molecule has 29 heavy (non-hydrogen) atoms. The van der Waals surface area contributed by atoms with Gasteiger partial charge in [-0.1, -0.05) is 0 Å². The van der Waals surface area contributed by atoms with Gasteiger partial charge in [-0.15, -0.1) is 0 Å².